The van der Waals surface area contributed by atoms with Crippen molar-refractivity contribution in [2.24, 2.45) is 0 Å². The Morgan fingerprint density at radius 2 is 1.85 bits per heavy atom. The first kappa shape index (κ1) is 12.8. The van der Waals surface area contributed by atoms with E-state index in [-0.39, 0.29) is 0 Å². The van der Waals surface area contributed by atoms with Crippen molar-refractivity contribution in [3.8, 4) is 5.69 Å². The Hall–Kier alpha value is -2.23. The van der Waals surface area contributed by atoms with Crippen molar-refractivity contribution in [2.45, 2.75) is 33.1 Å². The number of fused-ring (bicyclic) bond motifs is 1. The molecule has 1 aromatic carbocycles. The highest BCUT2D eigenvalue weighted by Crippen LogP contribution is 2.20. The van der Waals surface area contributed by atoms with Crippen molar-refractivity contribution in [1.82, 2.24) is 19.7 Å². The smallest absolute Gasteiger partial charge is 0.166 e. The average Bonchev–Trinajstić information content (AvgIpc) is 2.92. The summed E-state index contributed by atoms with van der Waals surface area (Å²) in [6.45, 7) is 4.25. The van der Waals surface area contributed by atoms with Gasteiger partial charge < -0.3 is 0 Å². The maximum Gasteiger partial charge on any atom is 0.166 e. The summed E-state index contributed by atoms with van der Waals surface area (Å²) in [6, 6.07) is 10.1. The van der Waals surface area contributed by atoms with E-state index in [2.05, 4.69) is 28.9 Å². The Morgan fingerprint density at radius 1 is 1.05 bits per heavy atom. The van der Waals surface area contributed by atoms with Crippen molar-refractivity contribution in [3.05, 3.63) is 48.0 Å². The van der Waals surface area contributed by atoms with E-state index in [1.54, 1.807) is 0 Å². The number of aryl methyl sites for hydroxylation is 2. The Bertz CT molecular complexity index is 716. The molecule has 2 aromatic heterocycles. The summed E-state index contributed by atoms with van der Waals surface area (Å²) in [5, 5.41) is 5.56. The van der Waals surface area contributed by atoms with Gasteiger partial charge in [-0.3, -0.25) is 0 Å². The van der Waals surface area contributed by atoms with E-state index in [1.165, 1.54) is 0 Å². The summed E-state index contributed by atoms with van der Waals surface area (Å²) in [4.78, 5) is 9.31. The second-order valence-corrected chi connectivity index (χ2v) is 4.82. The van der Waals surface area contributed by atoms with Gasteiger partial charge in [0.25, 0.3) is 0 Å². The van der Waals surface area contributed by atoms with Gasteiger partial charge in [-0.05, 0) is 18.6 Å². The Morgan fingerprint density at radius 3 is 2.55 bits per heavy atom. The average molecular weight is 266 g/mol. The number of rotatable bonds is 4. The molecule has 2 heterocycles. The molecule has 102 valence electrons. The largest absolute Gasteiger partial charge is 0.237 e. The number of benzene rings is 1. The first-order valence-electron chi connectivity index (χ1n) is 7.12. The molecule has 0 atom stereocenters. The van der Waals surface area contributed by atoms with Gasteiger partial charge in [-0.1, -0.05) is 38.5 Å². The number of hydrogen-bond donors (Lipinski definition) is 0. The normalized spacial score (nSPS) is 11.1. The summed E-state index contributed by atoms with van der Waals surface area (Å²) in [6.07, 6.45) is 4.76. The molecule has 3 aromatic rings. The third kappa shape index (κ3) is 2.18. The minimum atomic E-state index is 0.840. The van der Waals surface area contributed by atoms with Gasteiger partial charge in [-0.25, -0.2) is 14.6 Å². The fraction of sp³-hybridized carbons (Fsp3) is 0.312. The van der Waals surface area contributed by atoms with Gasteiger partial charge in [0.15, 0.2) is 5.65 Å². The number of aromatic nitrogens is 4. The number of para-hydroxylation sites is 1. The van der Waals surface area contributed by atoms with Crippen molar-refractivity contribution in [1.29, 1.82) is 0 Å². The molecule has 20 heavy (non-hydrogen) atoms. The molecule has 0 aliphatic heterocycles. The standard InChI is InChI=1S/C16H18N4/c1-3-8-14-13-11-17-20(12-9-6-5-7-10-12)16(13)19-15(4-2)18-14/h5-7,9-11H,3-4,8H2,1-2H3. The molecule has 0 radical (unpaired) electrons. The minimum Gasteiger partial charge on any atom is -0.237 e. The molecule has 0 N–H and O–H groups in total. The molecule has 0 amide bonds. The molecule has 3 rings (SSSR count). The second-order valence-electron chi connectivity index (χ2n) is 4.82. The van der Waals surface area contributed by atoms with E-state index in [9.17, 15) is 0 Å². The van der Waals surface area contributed by atoms with Crippen molar-refractivity contribution >= 4 is 11.0 Å². The van der Waals surface area contributed by atoms with Gasteiger partial charge in [0.2, 0.25) is 0 Å². The first-order chi connectivity index (χ1) is 9.83. The van der Waals surface area contributed by atoms with Crippen LogP contribution < -0.4 is 0 Å². The van der Waals surface area contributed by atoms with Crippen molar-refractivity contribution < 1.29 is 0 Å². The lowest BCUT2D eigenvalue weighted by molar-refractivity contribution is 0.839. The summed E-state index contributed by atoms with van der Waals surface area (Å²) in [5.74, 6) is 0.888. The zero-order valence-electron chi connectivity index (χ0n) is 11.9. The van der Waals surface area contributed by atoms with E-state index in [1.807, 2.05) is 41.2 Å². The molecule has 0 bridgehead atoms. The monoisotopic (exact) mass is 266 g/mol. The van der Waals surface area contributed by atoms with Crippen molar-refractivity contribution in [3.63, 3.8) is 0 Å². The number of nitrogens with zero attached hydrogens (tertiary/aromatic N) is 4. The van der Waals surface area contributed by atoms with Crippen LogP contribution in [-0.2, 0) is 12.8 Å². The zero-order chi connectivity index (χ0) is 13.9. The molecule has 0 saturated heterocycles. The van der Waals surface area contributed by atoms with Crippen molar-refractivity contribution in [2.75, 3.05) is 0 Å². The quantitative estimate of drug-likeness (QED) is 0.727. The second kappa shape index (κ2) is 5.41. The summed E-state index contributed by atoms with van der Waals surface area (Å²) >= 11 is 0. The van der Waals surface area contributed by atoms with Gasteiger partial charge in [-0.2, -0.15) is 5.10 Å². The van der Waals surface area contributed by atoms with Gasteiger partial charge in [-0.15, -0.1) is 0 Å². The Labute approximate surface area is 118 Å². The van der Waals surface area contributed by atoms with E-state index in [0.29, 0.717) is 0 Å². The molecule has 4 nitrogen and oxygen atoms in total. The number of hydrogen-bond acceptors (Lipinski definition) is 3. The fourth-order valence-corrected chi connectivity index (χ4v) is 2.36. The highest BCUT2D eigenvalue weighted by molar-refractivity contribution is 5.78. The van der Waals surface area contributed by atoms with Crippen LogP contribution in [-0.4, -0.2) is 19.7 Å². The highest BCUT2D eigenvalue weighted by atomic mass is 15.3. The molecular formula is C16H18N4. The third-order valence-electron chi connectivity index (χ3n) is 3.36. The van der Waals surface area contributed by atoms with Gasteiger partial charge in [0.05, 0.1) is 23.0 Å². The van der Waals surface area contributed by atoms with E-state index < -0.39 is 0 Å². The Kier molecular flexibility index (Phi) is 3.46. The summed E-state index contributed by atoms with van der Waals surface area (Å²) in [5.41, 5.74) is 3.05. The molecule has 0 spiro atoms. The van der Waals surface area contributed by atoms with Gasteiger partial charge in [0.1, 0.15) is 5.82 Å². The van der Waals surface area contributed by atoms with Crippen LogP contribution in [0.2, 0.25) is 0 Å². The van der Waals surface area contributed by atoms with Crippen LogP contribution in [0.15, 0.2) is 36.5 Å². The molecule has 0 aliphatic rings. The van der Waals surface area contributed by atoms with Crippen LogP contribution in [0.5, 0.6) is 0 Å². The topological polar surface area (TPSA) is 43.6 Å². The van der Waals surface area contributed by atoms with E-state index in [4.69, 9.17) is 0 Å². The third-order valence-corrected chi connectivity index (χ3v) is 3.36. The molecular weight excluding hydrogens is 248 g/mol. The maximum atomic E-state index is 4.66. The van der Waals surface area contributed by atoms with Gasteiger partial charge >= 0.3 is 0 Å². The van der Waals surface area contributed by atoms with Crippen LogP contribution in [0.25, 0.3) is 16.7 Å². The lowest BCUT2D eigenvalue weighted by Gasteiger charge is -2.06. The van der Waals surface area contributed by atoms with E-state index >= 15 is 0 Å². The van der Waals surface area contributed by atoms with E-state index in [0.717, 1.165) is 47.5 Å². The van der Waals surface area contributed by atoms with Gasteiger partial charge in [0, 0.05) is 6.42 Å². The van der Waals surface area contributed by atoms with Crippen LogP contribution >= 0.6 is 0 Å². The fourth-order valence-electron chi connectivity index (χ4n) is 2.36. The summed E-state index contributed by atoms with van der Waals surface area (Å²) < 4.78 is 1.90. The lowest BCUT2D eigenvalue weighted by atomic mass is 10.2. The Balaban J connectivity index is 2.23. The zero-order valence-corrected chi connectivity index (χ0v) is 11.9. The minimum absolute atomic E-state index is 0.840. The molecule has 4 heteroatoms. The van der Waals surface area contributed by atoms with Crippen LogP contribution in [0.3, 0.4) is 0 Å². The molecule has 0 unspecified atom stereocenters. The summed E-state index contributed by atoms with van der Waals surface area (Å²) in [7, 11) is 0. The predicted octanol–water partition coefficient (Wildman–Crippen LogP) is 3.33. The van der Waals surface area contributed by atoms with Crippen LogP contribution in [0.4, 0.5) is 0 Å². The molecule has 0 saturated carbocycles. The highest BCUT2D eigenvalue weighted by Gasteiger charge is 2.12. The lowest BCUT2D eigenvalue weighted by Crippen LogP contribution is -2.03. The first-order valence-corrected chi connectivity index (χ1v) is 7.12. The molecule has 0 fully saturated rings. The maximum absolute atomic E-state index is 4.66. The predicted molar refractivity (Wildman–Crippen MR) is 80.0 cm³/mol. The van der Waals surface area contributed by atoms with Crippen LogP contribution in [0.1, 0.15) is 31.8 Å². The molecule has 0 aliphatic carbocycles. The van der Waals surface area contributed by atoms with Crippen LogP contribution in [0, 0.1) is 0 Å². The SMILES string of the molecule is CCCc1nc(CC)nc2c1cnn2-c1ccccc1.